The normalized spacial score (nSPS) is 11.7. The Hall–Kier alpha value is -0.770. The van der Waals surface area contributed by atoms with Crippen LogP contribution < -0.4 is 5.73 Å². The van der Waals surface area contributed by atoms with Crippen LogP contribution in [0.4, 0.5) is 0 Å². The molecule has 0 aliphatic carbocycles. The molecular formula is C7H17N3O. The number of likely N-dealkylation sites (N-methyl/N-ethyl adjacent to an activating group) is 1. The lowest BCUT2D eigenvalue weighted by atomic mass is 10.6. The van der Waals surface area contributed by atoms with Crippen LogP contribution in [-0.4, -0.2) is 44.7 Å². The van der Waals surface area contributed by atoms with E-state index in [9.17, 15) is 0 Å². The minimum Gasteiger partial charge on any atom is -0.383 e. The smallest absolute Gasteiger partial charge is 0.191 e. The van der Waals surface area contributed by atoms with Crippen molar-refractivity contribution < 1.29 is 4.74 Å². The molecule has 0 heterocycles. The van der Waals surface area contributed by atoms with Crippen molar-refractivity contribution in [2.24, 2.45) is 10.7 Å². The first-order chi connectivity index (χ1) is 5.22. The molecule has 0 saturated heterocycles. The second kappa shape index (κ2) is 5.97. The predicted octanol–water partition coefficient (Wildman–Crippen LogP) is -0.101. The molecule has 0 aromatic carbocycles. The Balaban J connectivity index is 3.63. The highest BCUT2D eigenvalue weighted by Gasteiger charge is 1.98. The predicted molar refractivity (Wildman–Crippen MR) is 46.7 cm³/mol. The number of aliphatic imine (C=N–C) groups is 1. The molecule has 0 aliphatic heterocycles. The van der Waals surface area contributed by atoms with Gasteiger partial charge in [0.05, 0.1) is 6.61 Å². The molecule has 0 spiro atoms. The fraction of sp³-hybridized carbons (Fsp3) is 0.857. The molecule has 0 radical (unpaired) electrons. The van der Waals surface area contributed by atoms with Crippen LogP contribution in [0.5, 0.6) is 0 Å². The zero-order valence-corrected chi connectivity index (χ0v) is 7.50. The molecule has 0 saturated carbocycles. The molecule has 0 aliphatic rings. The zero-order valence-electron chi connectivity index (χ0n) is 7.50. The van der Waals surface area contributed by atoms with Gasteiger partial charge in [0.1, 0.15) is 0 Å². The minimum absolute atomic E-state index is 0.574. The van der Waals surface area contributed by atoms with Gasteiger partial charge in [-0.2, -0.15) is 0 Å². The first kappa shape index (κ1) is 10.2. The van der Waals surface area contributed by atoms with Crippen molar-refractivity contribution in [3.63, 3.8) is 0 Å². The van der Waals surface area contributed by atoms with Crippen molar-refractivity contribution in [2.75, 3.05) is 33.9 Å². The van der Waals surface area contributed by atoms with Gasteiger partial charge in [0.15, 0.2) is 5.96 Å². The SMILES string of the molecule is CCN=C(N)N(C)CCOC. The Kier molecular flexibility index (Phi) is 5.56. The Bertz CT molecular complexity index is 125. The number of hydrogen-bond acceptors (Lipinski definition) is 2. The molecule has 0 fully saturated rings. The van der Waals surface area contributed by atoms with Gasteiger partial charge in [-0.25, -0.2) is 0 Å². The van der Waals surface area contributed by atoms with Crippen molar-refractivity contribution in [1.82, 2.24) is 4.90 Å². The third-order valence-electron chi connectivity index (χ3n) is 1.34. The van der Waals surface area contributed by atoms with Gasteiger partial charge in [0.25, 0.3) is 0 Å². The second-order valence-electron chi connectivity index (χ2n) is 2.25. The Morgan fingerprint density at radius 1 is 1.64 bits per heavy atom. The van der Waals surface area contributed by atoms with Crippen LogP contribution in [0.3, 0.4) is 0 Å². The van der Waals surface area contributed by atoms with Gasteiger partial charge >= 0.3 is 0 Å². The lowest BCUT2D eigenvalue weighted by molar-refractivity contribution is 0.182. The van der Waals surface area contributed by atoms with Gasteiger partial charge in [-0.15, -0.1) is 0 Å². The molecule has 0 aromatic rings. The van der Waals surface area contributed by atoms with Crippen LogP contribution in [0.15, 0.2) is 4.99 Å². The third-order valence-corrected chi connectivity index (χ3v) is 1.34. The maximum absolute atomic E-state index is 5.59. The number of ether oxygens (including phenoxy) is 1. The molecule has 0 atom stereocenters. The number of guanidine groups is 1. The zero-order chi connectivity index (χ0) is 8.69. The Morgan fingerprint density at radius 3 is 2.73 bits per heavy atom. The molecule has 0 aromatic heterocycles. The second-order valence-corrected chi connectivity index (χ2v) is 2.25. The maximum Gasteiger partial charge on any atom is 0.191 e. The van der Waals surface area contributed by atoms with Gasteiger partial charge in [0.2, 0.25) is 0 Å². The molecule has 0 amide bonds. The van der Waals surface area contributed by atoms with E-state index in [1.165, 1.54) is 0 Å². The van der Waals surface area contributed by atoms with Crippen molar-refractivity contribution in [1.29, 1.82) is 0 Å². The average Bonchev–Trinajstić information content (AvgIpc) is 2.00. The molecule has 66 valence electrons. The van der Waals surface area contributed by atoms with Gasteiger partial charge in [0, 0.05) is 27.2 Å². The lowest BCUT2D eigenvalue weighted by Crippen LogP contribution is -2.36. The summed E-state index contributed by atoms with van der Waals surface area (Å²) in [7, 11) is 3.56. The maximum atomic E-state index is 5.59. The summed E-state index contributed by atoms with van der Waals surface area (Å²) in [5, 5.41) is 0. The molecule has 11 heavy (non-hydrogen) atoms. The van der Waals surface area contributed by atoms with Crippen LogP contribution in [0.25, 0.3) is 0 Å². The molecule has 0 bridgehead atoms. The molecule has 2 N–H and O–H groups in total. The summed E-state index contributed by atoms with van der Waals surface area (Å²) in [4.78, 5) is 5.91. The Morgan fingerprint density at radius 2 is 2.27 bits per heavy atom. The fourth-order valence-corrected chi connectivity index (χ4v) is 0.625. The molecule has 4 nitrogen and oxygen atoms in total. The number of nitrogens with zero attached hydrogens (tertiary/aromatic N) is 2. The van der Waals surface area contributed by atoms with E-state index in [1.54, 1.807) is 7.11 Å². The highest BCUT2D eigenvalue weighted by atomic mass is 16.5. The number of methoxy groups -OCH3 is 1. The Labute approximate surface area is 68.0 Å². The molecule has 0 unspecified atom stereocenters. The van der Waals surface area contributed by atoms with E-state index >= 15 is 0 Å². The first-order valence-electron chi connectivity index (χ1n) is 3.72. The summed E-state index contributed by atoms with van der Waals surface area (Å²) >= 11 is 0. The largest absolute Gasteiger partial charge is 0.383 e. The highest BCUT2D eigenvalue weighted by Crippen LogP contribution is 1.82. The van der Waals surface area contributed by atoms with Crippen molar-refractivity contribution >= 4 is 5.96 Å². The summed E-state index contributed by atoms with van der Waals surface area (Å²) in [6, 6.07) is 0. The van der Waals surface area contributed by atoms with E-state index in [0.717, 1.165) is 13.1 Å². The van der Waals surface area contributed by atoms with E-state index in [4.69, 9.17) is 10.5 Å². The average molecular weight is 159 g/mol. The van der Waals surface area contributed by atoms with Crippen LogP contribution >= 0.6 is 0 Å². The number of hydrogen-bond donors (Lipinski definition) is 1. The van der Waals surface area contributed by atoms with E-state index < -0.39 is 0 Å². The van der Waals surface area contributed by atoms with Gasteiger partial charge in [-0.3, -0.25) is 4.99 Å². The van der Waals surface area contributed by atoms with Crippen molar-refractivity contribution in [3.05, 3.63) is 0 Å². The summed E-state index contributed by atoms with van der Waals surface area (Å²) in [6.45, 7) is 4.14. The topological polar surface area (TPSA) is 50.8 Å². The molecule has 4 heteroatoms. The molecular weight excluding hydrogens is 142 g/mol. The third kappa shape index (κ3) is 4.61. The van der Waals surface area contributed by atoms with E-state index in [2.05, 4.69) is 4.99 Å². The number of rotatable bonds is 4. The highest BCUT2D eigenvalue weighted by molar-refractivity contribution is 5.77. The van der Waals surface area contributed by atoms with Crippen molar-refractivity contribution in [3.8, 4) is 0 Å². The van der Waals surface area contributed by atoms with Gasteiger partial charge < -0.3 is 15.4 Å². The van der Waals surface area contributed by atoms with Crippen LogP contribution in [0, 0.1) is 0 Å². The monoisotopic (exact) mass is 159 g/mol. The van der Waals surface area contributed by atoms with E-state index in [1.807, 2.05) is 18.9 Å². The summed E-state index contributed by atoms with van der Waals surface area (Å²) < 4.78 is 4.89. The van der Waals surface area contributed by atoms with Crippen LogP contribution in [-0.2, 0) is 4.74 Å². The van der Waals surface area contributed by atoms with Gasteiger partial charge in [-0.1, -0.05) is 0 Å². The molecule has 0 rings (SSSR count). The van der Waals surface area contributed by atoms with Gasteiger partial charge in [-0.05, 0) is 6.92 Å². The minimum atomic E-state index is 0.574. The summed E-state index contributed by atoms with van der Waals surface area (Å²) in [5.74, 6) is 0.574. The fourth-order valence-electron chi connectivity index (χ4n) is 0.625. The van der Waals surface area contributed by atoms with E-state index in [-0.39, 0.29) is 0 Å². The quantitative estimate of drug-likeness (QED) is 0.460. The number of nitrogens with two attached hydrogens (primary N) is 1. The first-order valence-corrected chi connectivity index (χ1v) is 3.72. The standard InChI is InChI=1S/C7H17N3O/c1-4-9-7(8)10(2)5-6-11-3/h4-6H2,1-3H3,(H2,8,9). The lowest BCUT2D eigenvalue weighted by Gasteiger charge is -2.16. The van der Waals surface area contributed by atoms with Crippen molar-refractivity contribution in [2.45, 2.75) is 6.92 Å². The van der Waals surface area contributed by atoms with E-state index in [0.29, 0.717) is 12.6 Å². The summed E-state index contributed by atoms with van der Waals surface area (Å²) in [6.07, 6.45) is 0. The van der Waals surface area contributed by atoms with Crippen LogP contribution in [0.2, 0.25) is 0 Å². The summed E-state index contributed by atoms with van der Waals surface area (Å²) in [5.41, 5.74) is 5.59. The van der Waals surface area contributed by atoms with Crippen LogP contribution in [0.1, 0.15) is 6.92 Å².